The Bertz CT molecular complexity index is 698. The van der Waals surface area contributed by atoms with Crippen LogP contribution in [0.5, 0.6) is 0 Å². The molecular weight excluding hydrogens is 417 g/mol. The molecule has 0 aliphatic carbocycles. The van der Waals surface area contributed by atoms with Crippen molar-refractivity contribution in [1.82, 2.24) is 5.01 Å². The summed E-state index contributed by atoms with van der Waals surface area (Å²) < 4.78 is 0.987. The van der Waals surface area contributed by atoms with E-state index in [0.29, 0.717) is 11.1 Å². The zero-order valence-electron chi connectivity index (χ0n) is 13.8. The highest BCUT2D eigenvalue weighted by atomic mass is 127. The van der Waals surface area contributed by atoms with Gasteiger partial charge in [-0.3, -0.25) is 9.80 Å². The molecule has 1 aromatic carbocycles. The lowest BCUT2D eigenvalue weighted by Gasteiger charge is -2.24. The topological polar surface area (TPSA) is 56.1 Å². The molecule has 1 N–H and O–H groups in total. The first-order valence-electron chi connectivity index (χ1n) is 8.19. The van der Waals surface area contributed by atoms with Gasteiger partial charge in [-0.05, 0) is 65.6 Å². The van der Waals surface area contributed by atoms with E-state index in [4.69, 9.17) is 0 Å². The lowest BCUT2D eigenvalue weighted by atomic mass is 9.89. The SMILES string of the molecule is C=C(/C=N/N1CCCCC1)C[C@]1(O)C(=O)N(C)c2ccc(I)cc21. The lowest BCUT2D eigenvalue weighted by molar-refractivity contribution is -0.135. The largest absolute Gasteiger partial charge is 0.375 e. The van der Waals surface area contributed by atoms with Crippen LogP contribution in [0.4, 0.5) is 5.69 Å². The number of hydrogen-bond acceptors (Lipinski definition) is 4. The second kappa shape index (κ2) is 6.84. The number of hydrogen-bond donors (Lipinski definition) is 1. The van der Waals surface area contributed by atoms with E-state index in [1.807, 2.05) is 23.2 Å². The predicted molar refractivity (Wildman–Crippen MR) is 104 cm³/mol. The molecule has 2 aliphatic heterocycles. The van der Waals surface area contributed by atoms with Crippen molar-refractivity contribution in [3.63, 3.8) is 0 Å². The Morgan fingerprint density at radius 2 is 2.12 bits per heavy atom. The number of halogens is 1. The molecule has 24 heavy (non-hydrogen) atoms. The number of benzene rings is 1. The third-order valence-corrected chi connectivity index (χ3v) is 5.31. The molecule has 6 heteroatoms. The maximum absolute atomic E-state index is 12.6. The number of aliphatic hydroxyl groups is 1. The molecular formula is C18H22IN3O2. The molecule has 0 radical (unpaired) electrons. The van der Waals surface area contributed by atoms with Crippen molar-refractivity contribution in [1.29, 1.82) is 0 Å². The molecule has 0 spiro atoms. The van der Waals surface area contributed by atoms with Crippen LogP contribution in [0.1, 0.15) is 31.2 Å². The van der Waals surface area contributed by atoms with E-state index in [0.717, 1.165) is 35.2 Å². The van der Waals surface area contributed by atoms with Crippen LogP contribution in [0.2, 0.25) is 0 Å². The molecule has 1 fully saturated rings. The summed E-state index contributed by atoms with van der Waals surface area (Å²) >= 11 is 2.19. The smallest absolute Gasteiger partial charge is 0.263 e. The fraction of sp³-hybridized carbons (Fsp3) is 0.444. The number of likely N-dealkylation sites (N-methyl/N-ethyl adjacent to an activating group) is 1. The Morgan fingerprint density at radius 1 is 1.42 bits per heavy atom. The van der Waals surface area contributed by atoms with Crippen LogP contribution in [-0.4, -0.2) is 42.4 Å². The molecule has 1 aromatic rings. The van der Waals surface area contributed by atoms with Crippen molar-refractivity contribution in [3.05, 3.63) is 39.5 Å². The average molecular weight is 439 g/mol. The zero-order valence-corrected chi connectivity index (χ0v) is 16.0. The molecule has 3 rings (SSSR count). The van der Waals surface area contributed by atoms with Gasteiger partial charge in [-0.15, -0.1) is 0 Å². The highest BCUT2D eigenvalue weighted by Crippen LogP contribution is 2.43. The average Bonchev–Trinajstić information content (AvgIpc) is 2.75. The van der Waals surface area contributed by atoms with Crippen LogP contribution >= 0.6 is 22.6 Å². The second-order valence-corrected chi connectivity index (χ2v) is 7.73. The normalized spacial score (nSPS) is 23.9. The highest BCUT2D eigenvalue weighted by molar-refractivity contribution is 14.1. The van der Waals surface area contributed by atoms with E-state index in [2.05, 4.69) is 34.3 Å². The van der Waals surface area contributed by atoms with Gasteiger partial charge in [0.1, 0.15) is 0 Å². The number of anilines is 1. The summed E-state index contributed by atoms with van der Waals surface area (Å²) in [6.07, 6.45) is 5.40. The molecule has 0 saturated carbocycles. The molecule has 1 amide bonds. The van der Waals surface area contributed by atoms with Crippen molar-refractivity contribution >= 4 is 40.4 Å². The van der Waals surface area contributed by atoms with Gasteiger partial charge >= 0.3 is 0 Å². The summed E-state index contributed by atoms with van der Waals surface area (Å²) in [6, 6.07) is 5.67. The monoisotopic (exact) mass is 439 g/mol. The molecule has 0 aromatic heterocycles. The number of fused-ring (bicyclic) bond motifs is 1. The first-order chi connectivity index (χ1) is 11.4. The van der Waals surface area contributed by atoms with Gasteiger partial charge in [0.15, 0.2) is 5.60 Å². The summed E-state index contributed by atoms with van der Waals surface area (Å²) in [6.45, 7) is 5.90. The van der Waals surface area contributed by atoms with Crippen molar-refractivity contribution < 1.29 is 9.90 Å². The van der Waals surface area contributed by atoms with Gasteiger partial charge in [0.2, 0.25) is 0 Å². The summed E-state index contributed by atoms with van der Waals surface area (Å²) in [5.41, 5.74) is 0.491. The minimum Gasteiger partial charge on any atom is -0.375 e. The Kier molecular flexibility index (Phi) is 4.96. The maximum atomic E-state index is 12.6. The van der Waals surface area contributed by atoms with Gasteiger partial charge in [0.05, 0.1) is 5.69 Å². The fourth-order valence-electron chi connectivity index (χ4n) is 3.34. The van der Waals surface area contributed by atoms with E-state index < -0.39 is 5.60 Å². The van der Waals surface area contributed by atoms with Crippen molar-refractivity contribution in [2.45, 2.75) is 31.3 Å². The van der Waals surface area contributed by atoms with Crippen LogP contribution in [0, 0.1) is 3.57 Å². The molecule has 1 saturated heterocycles. The fourth-order valence-corrected chi connectivity index (χ4v) is 3.83. The third kappa shape index (κ3) is 3.21. The summed E-state index contributed by atoms with van der Waals surface area (Å²) in [5, 5.41) is 17.6. The Hall–Kier alpha value is -1.41. The van der Waals surface area contributed by atoms with Gasteiger partial charge in [0, 0.05) is 41.9 Å². The number of amides is 1. The van der Waals surface area contributed by atoms with Gasteiger partial charge in [0.25, 0.3) is 5.91 Å². The standard InChI is InChI=1S/C18H22IN3O2/c1-13(12-20-22-8-4-3-5-9-22)11-18(24)15-10-14(19)6-7-16(15)21(2)17(18)23/h6-7,10,12,24H,1,3-5,8-9,11H2,2H3/b20-12+/t18-/m1/s1. The van der Waals surface area contributed by atoms with E-state index >= 15 is 0 Å². The predicted octanol–water partition coefficient (Wildman–Crippen LogP) is 2.87. The Labute approximate surface area is 156 Å². The minimum absolute atomic E-state index is 0.153. The number of carbonyl (C=O) groups excluding carboxylic acids is 1. The van der Waals surface area contributed by atoms with Gasteiger partial charge in [-0.25, -0.2) is 0 Å². The Balaban J connectivity index is 1.78. The van der Waals surface area contributed by atoms with E-state index in [-0.39, 0.29) is 12.3 Å². The molecule has 128 valence electrons. The molecule has 0 unspecified atom stereocenters. The van der Waals surface area contributed by atoms with Crippen LogP contribution < -0.4 is 4.90 Å². The van der Waals surface area contributed by atoms with E-state index in [9.17, 15) is 9.90 Å². The first-order valence-corrected chi connectivity index (χ1v) is 9.27. The molecule has 1 atom stereocenters. The lowest BCUT2D eigenvalue weighted by Crippen LogP contribution is -2.39. The summed E-state index contributed by atoms with van der Waals surface area (Å²) in [5.74, 6) is -0.313. The summed E-state index contributed by atoms with van der Waals surface area (Å²) in [4.78, 5) is 14.1. The van der Waals surface area contributed by atoms with Gasteiger partial charge in [-0.2, -0.15) is 5.10 Å². The van der Waals surface area contributed by atoms with Crippen molar-refractivity contribution in [2.24, 2.45) is 5.10 Å². The number of rotatable bonds is 4. The zero-order chi connectivity index (χ0) is 17.3. The highest BCUT2D eigenvalue weighted by Gasteiger charge is 2.48. The van der Waals surface area contributed by atoms with Crippen LogP contribution in [0.25, 0.3) is 0 Å². The van der Waals surface area contributed by atoms with Gasteiger partial charge < -0.3 is 10.0 Å². The van der Waals surface area contributed by atoms with Gasteiger partial charge in [-0.1, -0.05) is 6.58 Å². The first kappa shape index (κ1) is 17.4. The number of carbonyl (C=O) groups is 1. The molecule has 0 bridgehead atoms. The number of nitrogens with zero attached hydrogens (tertiary/aromatic N) is 3. The van der Waals surface area contributed by atoms with Crippen LogP contribution in [-0.2, 0) is 10.4 Å². The maximum Gasteiger partial charge on any atom is 0.263 e. The second-order valence-electron chi connectivity index (χ2n) is 6.48. The molecule has 2 heterocycles. The molecule has 2 aliphatic rings. The summed E-state index contributed by atoms with van der Waals surface area (Å²) in [7, 11) is 1.69. The number of piperidine rings is 1. The molecule has 5 nitrogen and oxygen atoms in total. The minimum atomic E-state index is -1.56. The van der Waals surface area contributed by atoms with E-state index in [1.54, 1.807) is 13.3 Å². The van der Waals surface area contributed by atoms with Crippen LogP contribution in [0.3, 0.4) is 0 Å². The van der Waals surface area contributed by atoms with Crippen molar-refractivity contribution in [2.75, 3.05) is 25.0 Å². The Morgan fingerprint density at radius 3 is 2.83 bits per heavy atom. The van der Waals surface area contributed by atoms with E-state index in [1.165, 1.54) is 11.3 Å². The quantitative estimate of drug-likeness (QED) is 0.580. The number of hydrazone groups is 1. The third-order valence-electron chi connectivity index (χ3n) is 4.64. The van der Waals surface area contributed by atoms with Crippen LogP contribution in [0.15, 0.2) is 35.5 Å². The van der Waals surface area contributed by atoms with Crippen molar-refractivity contribution in [3.8, 4) is 0 Å².